The average Bonchev–Trinajstić information content (AvgIpc) is 2.54. The van der Waals surface area contributed by atoms with E-state index in [0.717, 1.165) is 5.56 Å². The molecule has 1 N–H and O–H groups in total. The number of aliphatic imine (C=N–C) groups is 1. The number of hydrogen-bond donors (Lipinski definition) is 1. The molecule has 2 aromatic rings. The molecule has 0 saturated heterocycles. The van der Waals surface area contributed by atoms with Crippen LogP contribution in [-0.4, -0.2) is 24.6 Å². The van der Waals surface area contributed by atoms with Crippen molar-refractivity contribution in [3.05, 3.63) is 65.5 Å². The van der Waals surface area contributed by atoms with Crippen molar-refractivity contribution >= 4 is 23.7 Å². The normalized spacial score (nSPS) is 14.4. The zero-order chi connectivity index (χ0) is 15.4. The molecule has 2 aromatic carbocycles. The number of carbonyl (C=O) groups is 1. The summed E-state index contributed by atoms with van der Waals surface area (Å²) in [6, 6.07) is 13.3. The van der Waals surface area contributed by atoms with Gasteiger partial charge in [-0.15, -0.1) is 5.10 Å². The Morgan fingerprint density at radius 2 is 2.05 bits per heavy atom. The van der Waals surface area contributed by atoms with Gasteiger partial charge in [-0.1, -0.05) is 12.1 Å². The summed E-state index contributed by atoms with van der Waals surface area (Å²) in [6.45, 7) is -0.0433. The molecule has 6 heteroatoms. The van der Waals surface area contributed by atoms with E-state index in [2.05, 4.69) is 15.5 Å². The minimum absolute atomic E-state index is 0.0433. The quantitative estimate of drug-likeness (QED) is 0.884. The molecule has 1 heterocycles. The largest absolute Gasteiger partial charge is 0.466 e. The van der Waals surface area contributed by atoms with E-state index < -0.39 is 0 Å². The van der Waals surface area contributed by atoms with Crippen molar-refractivity contribution in [2.24, 2.45) is 10.1 Å². The fourth-order valence-electron chi connectivity index (χ4n) is 1.89. The third-order valence-corrected chi connectivity index (χ3v) is 2.95. The van der Waals surface area contributed by atoms with E-state index in [9.17, 15) is 9.18 Å². The highest BCUT2D eigenvalue weighted by Gasteiger charge is 2.13. The summed E-state index contributed by atoms with van der Waals surface area (Å²) in [4.78, 5) is 15.2. The van der Waals surface area contributed by atoms with Crippen LogP contribution in [0.3, 0.4) is 0 Å². The van der Waals surface area contributed by atoms with Gasteiger partial charge < -0.3 is 4.74 Å². The van der Waals surface area contributed by atoms with Crippen molar-refractivity contribution < 1.29 is 13.9 Å². The van der Waals surface area contributed by atoms with Gasteiger partial charge in [-0.2, -0.15) is 0 Å². The van der Waals surface area contributed by atoms with Crippen LogP contribution in [0.15, 0.2) is 58.6 Å². The highest BCUT2D eigenvalue weighted by Crippen LogP contribution is 2.15. The van der Waals surface area contributed by atoms with Crippen molar-refractivity contribution in [2.75, 3.05) is 6.61 Å². The van der Waals surface area contributed by atoms with Crippen LogP contribution in [0, 0.1) is 5.82 Å². The second-order valence-electron chi connectivity index (χ2n) is 4.60. The predicted molar refractivity (Wildman–Crippen MR) is 80.7 cm³/mol. The van der Waals surface area contributed by atoms with Crippen molar-refractivity contribution in [1.82, 2.24) is 5.43 Å². The fraction of sp³-hybridized carbons (Fsp3) is 0.0625. The number of amides is 1. The van der Waals surface area contributed by atoms with Gasteiger partial charge in [0.25, 0.3) is 5.91 Å². The number of carbonyl (C=O) groups excluding carboxylic acids is 1. The molecule has 1 aliphatic rings. The first-order chi connectivity index (χ1) is 10.7. The number of nitrogens with zero attached hydrogens (tertiary/aromatic N) is 2. The Labute approximate surface area is 126 Å². The molecule has 0 spiro atoms. The van der Waals surface area contributed by atoms with Gasteiger partial charge in [-0.3, -0.25) is 9.79 Å². The Balaban J connectivity index is 1.73. The standard InChI is InChI=1S/C16H12FN3O2/c17-13-3-1-2-11(8-13)9-18-14-6-4-12(5-7-14)16-20-19-15(21)10-22-16/h1-9H,10H2,(H,19,21). The van der Waals surface area contributed by atoms with E-state index >= 15 is 0 Å². The van der Waals surface area contributed by atoms with E-state index in [-0.39, 0.29) is 18.3 Å². The summed E-state index contributed by atoms with van der Waals surface area (Å²) in [5, 5.41) is 3.83. The summed E-state index contributed by atoms with van der Waals surface area (Å²) in [5.41, 5.74) is 4.50. The third kappa shape index (κ3) is 3.35. The number of benzene rings is 2. The first kappa shape index (κ1) is 13.9. The van der Waals surface area contributed by atoms with Crippen LogP contribution in [0.1, 0.15) is 11.1 Å². The van der Waals surface area contributed by atoms with Gasteiger partial charge in [0.2, 0.25) is 5.90 Å². The van der Waals surface area contributed by atoms with E-state index in [1.165, 1.54) is 12.1 Å². The van der Waals surface area contributed by atoms with Gasteiger partial charge >= 0.3 is 0 Å². The maximum absolute atomic E-state index is 13.1. The Kier molecular flexibility index (Phi) is 3.91. The molecule has 5 nitrogen and oxygen atoms in total. The van der Waals surface area contributed by atoms with Gasteiger partial charge in [-0.25, -0.2) is 9.82 Å². The Hall–Kier alpha value is -3.02. The van der Waals surface area contributed by atoms with Gasteiger partial charge in [0.05, 0.1) is 5.69 Å². The zero-order valence-electron chi connectivity index (χ0n) is 11.5. The van der Waals surface area contributed by atoms with Crippen molar-refractivity contribution in [2.45, 2.75) is 0 Å². The van der Waals surface area contributed by atoms with Crippen molar-refractivity contribution in [3.8, 4) is 0 Å². The summed E-state index contributed by atoms with van der Waals surface area (Å²) >= 11 is 0. The van der Waals surface area contributed by atoms with Crippen molar-refractivity contribution in [1.29, 1.82) is 0 Å². The fourth-order valence-corrected chi connectivity index (χ4v) is 1.89. The summed E-state index contributed by atoms with van der Waals surface area (Å²) in [7, 11) is 0. The molecule has 0 saturated carbocycles. The molecule has 0 aromatic heterocycles. The molecular weight excluding hydrogens is 285 g/mol. The molecule has 0 atom stereocenters. The van der Waals surface area contributed by atoms with Crippen LogP contribution >= 0.6 is 0 Å². The van der Waals surface area contributed by atoms with Gasteiger partial charge in [0.1, 0.15) is 5.82 Å². The van der Waals surface area contributed by atoms with Crippen molar-refractivity contribution in [3.63, 3.8) is 0 Å². The lowest BCUT2D eigenvalue weighted by atomic mass is 10.2. The first-order valence-corrected chi connectivity index (χ1v) is 6.60. The summed E-state index contributed by atoms with van der Waals surface area (Å²) in [6.07, 6.45) is 1.59. The van der Waals surface area contributed by atoms with E-state index in [4.69, 9.17) is 4.74 Å². The molecular formula is C16H12FN3O2. The molecule has 0 fully saturated rings. The van der Waals surface area contributed by atoms with E-state index in [1.54, 1.807) is 42.6 Å². The van der Waals surface area contributed by atoms with Crippen LogP contribution in [0.4, 0.5) is 10.1 Å². The van der Waals surface area contributed by atoms with E-state index in [1.807, 2.05) is 0 Å². The number of hydrogen-bond acceptors (Lipinski definition) is 4. The highest BCUT2D eigenvalue weighted by molar-refractivity contribution is 5.98. The molecule has 3 rings (SSSR count). The minimum Gasteiger partial charge on any atom is -0.466 e. The van der Waals surface area contributed by atoms with Crippen LogP contribution in [0.25, 0.3) is 0 Å². The molecule has 1 aliphatic heterocycles. The lowest BCUT2D eigenvalue weighted by Gasteiger charge is -2.13. The number of ether oxygens (including phenoxy) is 1. The number of nitrogens with one attached hydrogen (secondary N) is 1. The van der Waals surface area contributed by atoms with Gasteiger partial charge in [-0.05, 0) is 42.0 Å². The average molecular weight is 297 g/mol. The van der Waals surface area contributed by atoms with Gasteiger partial charge in [0.15, 0.2) is 6.61 Å². The summed E-state index contributed by atoms with van der Waals surface area (Å²) in [5.74, 6) is -0.214. The Morgan fingerprint density at radius 1 is 1.23 bits per heavy atom. The lowest BCUT2D eigenvalue weighted by molar-refractivity contribution is -0.124. The number of halogens is 1. The second-order valence-corrected chi connectivity index (χ2v) is 4.60. The molecule has 0 aliphatic carbocycles. The zero-order valence-corrected chi connectivity index (χ0v) is 11.5. The third-order valence-electron chi connectivity index (χ3n) is 2.95. The molecule has 0 radical (unpaired) electrons. The molecule has 0 unspecified atom stereocenters. The SMILES string of the molecule is O=C1COC(c2ccc(N=Cc3cccc(F)c3)cc2)=NN1. The van der Waals surface area contributed by atoms with Crippen LogP contribution < -0.4 is 5.43 Å². The van der Waals surface area contributed by atoms with E-state index in [0.29, 0.717) is 17.1 Å². The molecule has 110 valence electrons. The Bertz CT molecular complexity index is 754. The predicted octanol–water partition coefficient (Wildman–Crippen LogP) is 2.38. The maximum atomic E-state index is 13.1. The van der Waals surface area contributed by atoms with Crippen LogP contribution in [-0.2, 0) is 9.53 Å². The van der Waals surface area contributed by atoms with Gasteiger partial charge in [0, 0.05) is 11.8 Å². The minimum atomic E-state index is -0.297. The highest BCUT2D eigenvalue weighted by atomic mass is 19.1. The second kappa shape index (κ2) is 6.17. The topological polar surface area (TPSA) is 63.0 Å². The molecule has 22 heavy (non-hydrogen) atoms. The summed E-state index contributed by atoms with van der Waals surface area (Å²) < 4.78 is 18.3. The smallest absolute Gasteiger partial charge is 0.278 e. The monoisotopic (exact) mass is 297 g/mol. The van der Waals surface area contributed by atoms with Crippen LogP contribution in [0.2, 0.25) is 0 Å². The number of hydrazone groups is 1. The lowest BCUT2D eigenvalue weighted by Crippen LogP contribution is -2.32. The molecule has 1 amide bonds. The number of rotatable bonds is 3. The maximum Gasteiger partial charge on any atom is 0.278 e. The Morgan fingerprint density at radius 3 is 2.73 bits per heavy atom. The first-order valence-electron chi connectivity index (χ1n) is 6.60. The molecule has 0 bridgehead atoms. The van der Waals surface area contributed by atoms with Crippen LogP contribution in [0.5, 0.6) is 0 Å².